The number of carbonyl (C=O) groups is 1. The summed E-state index contributed by atoms with van der Waals surface area (Å²) in [4.78, 5) is 13.4. The number of nitrogens with zero attached hydrogens (tertiary/aromatic N) is 1. The van der Waals surface area contributed by atoms with Crippen molar-refractivity contribution in [1.29, 1.82) is 0 Å². The van der Waals surface area contributed by atoms with Crippen molar-refractivity contribution in [1.82, 2.24) is 15.5 Å². The number of amides is 2. The summed E-state index contributed by atoms with van der Waals surface area (Å²) < 4.78 is 0. The number of rotatable bonds is 0. The van der Waals surface area contributed by atoms with Gasteiger partial charge in [0.25, 0.3) is 0 Å². The molecule has 80 valence electrons. The van der Waals surface area contributed by atoms with Crippen molar-refractivity contribution >= 4 is 6.03 Å². The topological polar surface area (TPSA) is 44.4 Å². The smallest absolute Gasteiger partial charge is 0.317 e. The molecule has 2 unspecified atom stereocenters. The molecule has 0 aromatic carbocycles. The highest BCUT2D eigenvalue weighted by atomic mass is 16.2. The Balaban J connectivity index is 1.92. The van der Waals surface area contributed by atoms with Crippen molar-refractivity contribution in [2.75, 3.05) is 33.2 Å². The standard InChI is InChI=1S/C10H19N3O/c1-11-10(14)13-4-2-8-6-12-7-9(8)3-5-13/h8-9,12H,2-7H2,1H3,(H,11,14). The second kappa shape index (κ2) is 4.17. The first kappa shape index (κ1) is 9.77. The van der Waals surface area contributed by atoms with Gasteiger partial charge in [-0.15, -0.1) is 0 Å². The fourth-order valence-corrected chi connectivity index (χ4v) is 2.58. The first-order valence-electron chi connectivity index (χ1n) is 5.48. The van der Waals surface area contributed by atoms with Crippen LogP contribution in [0.3, 0.4) is 0 Å². The Morgan fingerprint density at radius 3 is 2.36 bits per heavy atom. The van der Waals surface area contributed by atoms with Crippen molar-refractivity contribution in [3.63, 3.8) is 0 Å². The van der Waals surface area contributed by atoms with Crippen molar-refractivity contribution in [3.8, 4) is 0 Å². The Kier molecular flexibility index (Phi) is 2.91. The third-order valence-corrected chi connectivity index (χ3v) is 3.52. The summed E-state index contributed by atoms with van der Waals surface area (Å²) in [6.45, 7) is 4.13. The summed E-state index contributed by atoms with van der Waals surface area (Å²) >= 11 is 0. The number of likely N-dealkylation sites (tertiary alicyclic amines) is 1. The van der Waals surface area contributed by atoms with Gasteiger partial charge >= 0.3 is 6.03 Å². The fraction of sp³-hybridized carbons (Fsp3) is 0.900. The third kappa shape index (κ3) is 1.85. The van der Waals surface area contributed by atoms with E-state index < -0.39 is 0 Å². The van der Waals surface area contributed by atoms with E-state index in [9.17, 15) is 4.79 Å². The molecule has 2 fully saturated rings. The van der Waals surface area contributed by atoms with Gasteiger partial charge in [-0.1, -0.05) is 0 Å². The van der Waals surface area contributed by atoms with Crippen LogP contribution in [0.2, 0.25) is 0 Å². The summed E-state index contributed by atoms with van der Waals surface area (Å²) in [6.07, 6.45) is 2.32. The van der Waals surface area contributed by atoms with E-state index in [2.05, 4.69) is 10.6 Å². The normalized spacial score (nSPS) is 32.2. The summed E-state index contributed by atoms with van der Waals surface area (Å²) in [6, 6.07) is 0.0814. The van der Waals surface area contributed by atoms with Gasteiger partial charge in [-0.25, -0.2) is 4.79 Å². The summed E-state index contributed by atoms with van der Waals surface area (Å²) in [5, 5.41) is 6.13. The zero-order valence-corrected chi connectivity index (χ0v) is 8.75. The van der Waals surface area contributed by atoms with Gasteiger partial charge in [-0.05, 0) is 37.8 Å². The molecule has 2 aliphatic rings. The molecule has 2 heterocycles. The van der Waals surface area contributed by atoms with E-state index in [-0.39, 0.29) is 6.03 Å². The SMILES string of the molecule is CNC(=O)N1CCC2CNCC2CC1. The molecule has 0 spiro atoms. The second-order valence-corrected chi connectivity index (χ2v) is 4.30. The predicted octanol–water partition coefficient (Wildman–Crippen LogP) is 0.257. The van der Waals surface area contributed by atoms with Gasteiger partial charge < -0.3 is 15.5 Å². The quantitative estimate of drug-likeness (QED) is 0.585. The molecule has 2 rings (SSSR count). The maximum absolute atomic E-state index is 11.4. The van der Waals surface area contributed by atoms with Crippen molar-refractivity contribution in [2.24, 2.45) is 11.8 Å². The van der Waals surface area contributed by atoms with E-state index in [0.29, 0.717) is 0 Å². The van der Waals surface area contributed by atoms with E-state index in [1.807, 2.05) is 4.90 Å². The molecular weight excluding hydrogens is 178 g/mol. The van der Waals surface area contributed by atoms with E-state index in [1.165, 1.54) is 0 Å². The minimum Gasteiger partial charge on any atom is -0.341 e. The van der Waals surface area contributed by atoms with Crippen LogP contribution in [0.4, 0.5) is 4.79 Å². The number of fused-ring (bicyclic) bond motifs is 1. The lowest BCUT2D eigenvalue weighted by atomic mass is 9.92. The molecule has 2 amide bonds. The molecule has 2 N–H and O–H groups in total. The summed E-state index contributed by atoms with van der Waals surface area (Å²) in [7, 11) is 1.70. The van der Waals surface area contributed by atoms with Crippen LogP contribution < -0.4 is 10.6 Å². The molecule has 0 bridgehead atoms. The molecule has 0 aromatic rings. The monoisotopic (exact) mass is 197 g/mol. The van der Waals surface area contributed by atoms with E-state index in [4.69, 9.17) is 0 Å². The zero-order chi connectivity index (χ0) is 9.97. The molecule has 4 nitrogen and oxygen atoms in total. The molecule has 4 heteroatoms. The molecule has 2 atom stereocenters. The summed E-state index contributed by atoms with van der Waals surface area (Å²) in [5.41, 5.74) is 0. The van der Waals surface area contributed by atoms with Crippen LogP contribution in [0.1, 0.15) is 12.8 Å². The maximum atomic E-state index is 11.4. The molecule has 2 saturated heterocycles. The number of hydrogen-bond acceptors (Lipinski definition) is 2. The highest BCUT2D eigenvalue weighted by molar-refractivity contribution is 5.73. The number of urea groups is 1. The van der Waals surface area contributed by atoms with E-state index in [0.717, 1.165) is 50.9 Å². The largest absolute Gasteiger partial charge is 0.341 e. The molecule has 2 aliphatic heterocycles. The van der Waals surface area contributed by atoms with E-state index in [1.54, 1.807) is 7.05 Å². The molecule has 14 heavy (non-hydrogen) atoms. The van der Waals surface area contributed by atoms with Crippen molar-refractivity contribution < 1.29 is 4.79 Å². The van der Waals surface area contributed by atoms with Gasteiger partial charge in [0, 0.05) is 20.1 Å². The van der Waals surface area contributed by atoms with Gasteiger partial charge in [0.2, 0.25) is 0 Å². The lowest BCUT2D eigenvalue weighted by molar-refractivity contribution is 0.201. The van der Waals surface area contributed by atoms with Crippen LogP contribution in [0, 0.1) is 11.8 Å². The van der Waals surface area contributed by atoms with Crippen LogP contribution in [-0.4, -0.2) is 44.2 Å². The van der Waals surface area contributed by atoms with Crippen LogP contribution in [-0.2, 0) is 0 Å². The highest BCUT2D eigenvalue weighted by Crippen LogP contribution is 2.26. The van der Waals surface area contributed by atoms with Gasteiger partial charge in [0.1, 0.15) is 0 Å². The average Bonchev–Trinajstić information content (AvgIpc) is 2.56. The van der Waals surface area contributed by atoms with Crippen molar-refractivity contribution in [2.45, 2.75) is 12.8 Å². The Morgan fingerprint density at radius 2 is 1.86 bits per heavy atom. The van der Waals surface area contributed by atoms with Crippen LogP contribution in [0.5, 0.6) is 0 Å². The van der Waals surface area contributed by atoms with Gasteiger partial charge in [0.15, 0.2) is 0 Å². The van der Waals surface area contributed by atoms with Crippen LogP contribution in [0.15, 0.2) is 0 Å². The second-order valence-electron chi connectivity index (χ2n) is 4.30. The Labute approximate surface area is 85.0 Å². The van der Waals surface area contributed by atoms with Crippen LogP contribution in [0.25, 0.3) is 0 Å². The Bertz CT molecular complexity index is 205. The first-order chi connectivity index (χ1) is 6.81. The zero-order valence-electron chi connectivity index (χ0n) is 8.75. The fourth-order valence-electron chi connectivity index (χ4n) is 2.58. The number of hydrogen-bond donors (Lipinski definition) is 2. The lowest BCUT2D eigenvalue weighted by Crippen LogP contribution is -2.39. The number of nitrogens with one attached hydrogen (secondary N) is 2. The molecule has 0 aromatic heterocycles. The maximum Gasteiger partial charge on any atom is 0.317 e. The minimum atomic E-state index is 0.0814. The minimum absolute atomic E-state index is 0.0814. The number of carbonyl (C=O) groups excluding carboxylic acids is 1. The third-order valence-electron chi connectivity index (χ3n) is 3.52. The predicted molar refractivity (Wildman–Crippen MR) is 55.1 cm³/mol. The Morgan fingerprint density at radius 1 is 1.29 bits per heavy atom. The van der Waals surface area contributed by atoms with Crippen molar-refractivity contribution in [3.05, 3.63) is 0 Å². The Hall–Kier alpha value is -0.770. The van der Waals surface area contributed by atoms with Gasteiger partial charge in [-0.3, -0.25) is 0 Å². The lowest BCUT2D eigenvalue weighted by Gasteiger charge is -2.19. The highest BCUT2D eigenvalue weighted by Gasteiger charge is 2.30. The van der Waals surface area contributed by atoms with Gasteiger partial charge in [0.05, 0.1) is 0 Å². The molecule has 0 saturated carbocycles. The average molecular weight is 197 g/mol. The molecule has 0 radical (unpaired) electrons. The molecule has 0 aliphatic carbocycles. The van der Waals surface area contributed by atoms with Crippen LogP contribution >= 0.6 is 0 Å². The van der Waals surface area contributed by atoms with E-state index >= 15 is 0 Å². The summed E-state index contributed by atoms with van der Waals surface area (Å²) in [5.74, 6) is 1.59. The molecular formula is C10H19N3O. The van der Waals surface area contributed by atoms with Gasteiger partial charge in [-0.2, -0.15) is 0 Å². The first-order valence-corrected chi connectivity index (χ1v) is 5.48.